The Kier molecular flexibility index (Phi) is 5.73. The summed E-state index contributed by atoms with van der Waals surface area (Å²) in [6.07, 6.45) is 0. The maximum absolute atomic E-state index is 12.0. The van der Waals surface area contributed by atoms with Gasteiger partial charge in [-0.2, -0.15) is 0 Å². The number of amides is 1. The van der Waals surface area contributed by atoms with E-state index in [-0.39, 0.29) is 12.5 Å². The fourth-order valence-corrected chi connectivity index (χ4v) is 3.89. The zero-order valence-electron chi connectivity index (χ0n) is 13.8. The number of nitrogens with one attached hydrogen (secondary N) is 1. The van der Waals surface area contributed by atoms with Crippen LogP contribution in [0.2, 0.25) is 5.02 Å². The number of hydrogen-bond acceptors (Lipinski definition) is 5. The third-order valence-electron chi connectivity index (χ3n) is 3.49. The van der Waals surface area contributed by atoms with Crippen LogP contribution in [0, 0.1) is 13.8 Å². The molecule has 0 fully saturated rings. The van der Waals surface area contributed by atoms with Crippen molar-refractivity contribution in [1.82, 2.24) is 10.3 Å². The highest BCUT2D eigenvalue weighted by molar-refractivity contribution is 7.16. The first-order valence-corrected chi connectivity index (χ1v) is 9.75. The molecule has 2 heterocycles. The van der Waals surface area contributed by atoms with Gasteiger partial charge >= 0.3 is 0 Å². The summed E-state index contributed by atoms with van der Waals surface area (Å²) >= 11 is 9.24. The Hall–Kier alpha value is -1.89. The standard InChI is InChI=1S/C18H17ClN2O2S2/c1-11-7-13(3-5-15(11)19)23-9-18(22)20-8-14-4-6-17(25-14)16-10-24-12(2)21-16/h3-7,10H,8-9H2,1-2H3,(H,20,22). The van der Waals surface area contributed by atoms with Crippen LogP contribution in [0.15, 0.2) is 35.7 Å². The summed E-state index contributed by atoms with van der Waals surface area (Å²) in [6.45, 7) is 4.35. The molecule has 2 aromatic heterocycles. The molecular formula is C18H17ClN2O2S2. The van der Waals surface area contributed by atoms with Crippen LogP contribution in [0.4, 0.5) is 0 Å². The Morgan fingerprint density at radius 2 is 2.12 bits per heavy atom. The Morgan fingerprint density at radius 3 is 2.84 bits per heavy atom. The van der Waals surface area contributed by atoms with Crippen LogP contribution in [0.1, 0.15) is 15.4 Å². The molecule has 1 aromatic carbocycles. The molecule has 1 amide bonds. The minimum Gasteiger partial charge on any atom is -0.484 e. The number of thiazole rings is 1. The summed E-state index contributed by atoms with van der Waals surface area (Å²) in [6, 6.07) is 9.38. The molecule has 0 aliphatic rings. The van der Waals surface area contributed by atoms with Crippen molar-refractivity contribution < 1.29 is 9.53 Å². The van der Waals surface area contributed by atoms with Gasteiger partial charge in [0.15, 0.2) is 6.61 Å². The SMILES string of the molecule is Cc1nc(-c2ccc(CNC(=O)COc3ccc(Cl)c(C)c3)s2)cs1. The van der Waals surface area contributed by atoms with Gasteiger partial charge in [-0.1, -0.05) is 11.6 Å². The molecule has 0 aliphatic carbocycles. The van der Waals surface area contributed by atoms with Gasteiger partial charge in [-0.25, -0.2) is 4.98 Å². The zero-order chi connectivity index (χ0) is 17.8. The monoisotopic (exact) mass is 392 g/mol. The van der Waals surface area contributed by atoms with Crippen molar-refractivity contribution in [3.05, 3.63) is 56.2 Å². The molecule has 0 unspecified atom stereocenters. The number of carbonyl (C=O) groups excluding carboxylic acids is 1. The van der Waals surface area contributed by atoms with Crippen LogP contribution in [0.3, 0.4) is 0 Å². The van der Waals surface area contributed by atoms with Crippen LogP contribution in [0.5, 0.6) is 5.75 Å². The third kappa shape index (κ3) is 4.81. The van der Waals surface area contributed by atoms with Crippen molar-refractivity contribution >= 4 is 40.2 Å². The summed E-state index contributed by atoms with van der Waals surface area (Å²) in [5.41, 5.74) is 1.91. The normalized spacial score (nSPS) is 10.7. The highest BCUT2D eigenvalue weighted by atomic mass is 35.5. The van der Waals surface area contributed by atoms with E-state index in [9.17, 15) is 4.79 Å². The molecule has 0 aliphatic heterocycles. The van der Waals surface area contributed by atoms with Crippen molar-refractivity contribution in [3.63, 3.8) is 0 Å². The van der Waals surface area contributed by atoms with Gasteiger partial charge in [-0.15, -0.1) is 22.7 Å². The number of halogens is 1. The molecule has 4 nitrogen and oxygen atoms in total. The number of nitrogens with zero attached hydrogens (tertiary/aromatic N) is 1. The molecule has 0 saturated heterocycles. The van der Waals surface area contributed by atoms with Gasteiger partial charge in [-0.3, -0.25) is 4.79 Å². The van der Waals surface area contributed by atoms with Crippen LogP contribution in [0.25, 0.3) is 10.6 Å². The highest BCUT2D eigenvalue weighted by Gasteiger charge is 2.08. The van der Waals surface area contributed by atoms with Gasteiger partial charge in [0.1, 0.15) is 5.75 Å². The molecule has 0 saturated carbocycles. The summed E-state index contributed by atoms with van der Waals surface area (Å²) in [7, 11) is 0. The van der Waals surface area contributed by atoms with Crippen molar-refractivity contribution in [2.24, 2.45) is 0 Å². The fourth-order valence-electron chi connectivity index (χ4n) is 2.18. The Bertz CT molecular complexity index is 889. The highest BCUT2D eigenvalue weighted by Crippen LogP contribution is 2.29. The maximum Gasteiger partial charge on any atom is 0.258 e. The molecular weight excluding hydrogens is 376 g/mol. The fraction of sp³-hybridized carbons (Fsp3) is 0.222. The first-order valence-electron chi connectivity index (χ1n) is 7.68. The predicted molar refractivity (Wildman–Crippen MR) is 104 cm³/mol. The minimum absolute atomic E-state index is 0.0232. The molecule has 3 aromatic rings. The number of carbonyl (C=O) groups is 1. The van der Waals surface area contributed by atoms with Crippen LogP contribution in [-0.2, 0) is 11.3 Å². The lowest BCUT2D eigenvalue weighted by Crippen LogP contribution is -2.28. The summed E-state index contributed by atoms with van der Waals surface area (Å²) in [4.78, 5) is 18.6. The van der Waals surface area contributed by atoms with Gasteiger partial charge in [0.25, 0.3) is 5.91 Å². The molecule has 7 heteroatoms. The smallest absolute Gasteiger partial charge is 0.258 e. The number of aryl methyl sites for hydroxylation is 2. The average molecular weight is 393 g/mol. The molecule has 130 valence electrons. The number of hydrogen-bond donors (Lipinski definition) is 1. The topological polar surface area (TPSA) is 51.2 Å². The van der Waals surface area contributed by atoms with Crippen LogP contribution in [-0.4, -0.2) is 17.5 Å². The van der Waals surface area contributed by atoms with E-state index < -0.39 is 0 Å². The molecule has 0 atom stereocenters. The van der Waals surface area contributed by atoms with E-state index in [0.29, 0.717) is 17.3 Å². The van der Waals surface area contributed by atoms with E-state index in [4.69, 9.17) is 16.3 Å². The Morgan fingerprint density at radius 1 is 1.28 bits per heavy atom. The molecule has 3 rings (SSSR count). The number of aromatic nitrogens is 1. The van der Waals surface area contributed by atoms with E-state index in [1.165, 1.54) is 0 Å². The van der Waals surface area contributed by atoms with E-state index in [0.717, 1.165) is 26.0 Å². The van der Waals surface area contributed by atoms with Gasteiger partial charge in [0.2, 0.25) is 0 Å². The molecule has 0 radical (unpaired) electrons. The first-order chi connectivity index (χ1) is 12.0. The van der Waals surface area contributed by atoms with Gasteiger partial charge in [-0.05, 0) is 49.7 Å². The van der Waals surface area contributed by atoms with E-state index in [1.807, 2.05) is 37.4 Å². The molecule has 1 N–H and O–H groups in total. The second-order valence-corrected chi connectivity index (χ2v) is 8.13. The van der Waals surface area contributed by atoms with Crippen LogP contribution < -0.4 is 10.1 Å². The summed E-state index contributed by atoms with van der Waals surface area (Å²) in [5.74, 6) is 0.474. The van der Waals surface area contributed by atoms with E-state index in [2.05, 4.69) is 10.3 Å². The molecule has 25 heavy (non-hydrogen) atoms. The Balaban J connectivity index is 1.49. The lowest BCUT2D eigenvalue weighted by molar-refractivity contribution is -0.123. The van der Waals surface area contributed by atoms with Gasteiger partial charge in [0.05, 0.1) is 22.1 Å². The van der Waals surface area contributed by atoms with E-state index >= 15 is 0 Å². The molecule has 0 spiro atoms. The van der Waals surface area contributed by atoms with Crippen molar-refractivity contribution in [3.8, 4) is 16.3 Å². The van der Waals surface area contributed by atoms with Gasteiger partial charge < -0.3 is 10.1 Å². The quantitative estimate of drug-likeness (QED) is 0.653. The third-order valence-corrected chi connectivity index (χ3v) is 5.80. The van der Waals surface area contributed by atoms with E-state index in [1.54, 1.807) is 34.8 Å². The maximum atomic E-state index is 12.0. The number of ether oxygens (including phenoxy) is 1. The molecule has 0 bridgehead atoms. The number of rotatable bonds is 6. The first kappa shape index (κ1) is 17.9. The number of thiophene rings is 1. The van der Waals surface area contributed by atoms with Crippen molar-refractivity contribution in [2.75, 3.05) is 6.61 Å². The number of benzene rings is 1. The predicted octanol–water partition coefficient (Wildman–Crippen LogP) is 4.84. The largest absolute Gasteiger partial charge is 0.484 e. The average Bonchev–Trinajstić information content (AvgIpc) is 3.23. The summed E-state index contributed by atoms with van der Waals surface area (Å²) in [5, 5.41) is 6.64. The van der Waals surface area contributed by atoms with Crippen molar-refractivity contribution in [2.45, 2.75) is 20.4 Å². The minimum atomic E-state index is -0.160. The van der Waals surface area contributed by atoms with Crippen LogP contribution >= 0.6 is 34.3 Å². The lowest BCUT2D eigenvalue weighted by Gasteiger charge is -2.08. The zero-order valence-corrected chi connectivity index (χ0v) is 16.2. The van der Waals surface area contributed by atoms with Crippen molar-refractivity contribution in [1.29, 1.82) is 0 Å². The second kappa shape index (κ2) is 7.99. The Labute approximate surface area is 159 Å². The lowest BCUT2D eigenvalue weighted by atomic mass is 10.2. The second-order valence-electron chi connectivity index (χ2n) is 5.49. The summed E-state index contributed by atoms with van der Waals surface area (Å²) < 4.78 is 5.49. The van der Waals surface area contributed by atoms with Gasteiger partial charge in [0, 0.05) is 15.3 Å².